The Labute approximate surface area is 168 Å². The van der Waals surface area contributed by atoms with Gasteiger partial charge in [0.1, 0.15) is 11.6 Å². The number of amides is 1. The van der Waals surface area contributed by atoms with Gasteiger partial charge in [0.15, 0.2) is 5.82 Å². The van der Waals surface area contributed by atoms with Crippen molar-refractivity contribution in [2.75, 3.05) is 6.54 Å². The van der Waals surface area contributed by atoms with Gasteiger partial charge in [-0.15, -0.1) is 10.2 Å². The molecule has 1 N–H and O–H groups in total. The maximum Gasteiger partial charge on any atom is 0.254 e. The lowest BCUT2D eigenvalue weighted by molar-refractivity contribution is 0.0679. The van der Waals surface area contributed by atoms with Crippen LogP contribution in [0.5, 0.6) is 5.75 Å². The van der Waals surface area contributed by atoms with Crippen LogP contribution >= 0.6 is 11.6 Å². The second kappa shape index (κ2) is 7.64. The van der Waals surface area contributed by atoms with E-state index in [0.29, 0.717) is 18.7 Å². The first-order valence-electron chi connectivity index (χ1n) is 9.27. The molecule has 0 bridgehead atoms. The summed E-state index contributed by atoms with van der Waals surface area (Å²) < 4.78 is 2.14. The SMILES string of the molecule is C[C@H]1CN(C(=O)c2ccc(Cl)c(O)c2)Cc2nnc(CCc3ccccc3)n21. The second-order valence-corrected chi connectivity index (χ2v) is 7.50. The highest BCUT2D eigenvalue weighted by molar-refractivity contribution is 6.32. The Bertz CT molecular complexity index is 1000. The summed E-state index contributed by atoms with van der Waals surface area (Å²) in [5, 5.41) is 18.7. The third kappa shape index (κ3) is 3.60. The number of fused-ring (bicyclic) bond motifs is 1. The molecule has 6 nitrogen and oxygen atoms in total. The molecule has 1 amide bonds. The minimum absolute atomic E-state index is 0.0781. The molecule has 3 aromatic rings. The third-order valence-electron chi connectivity index (χ3n) is 5.06. The first kappa shape index (κ1) is 18.5. The summed E-state index contributed by atoms with van der Waals surface area (Å²) in [6.07, 6.45) is 1.71. The van der Waals surface area contributed by atoms with Gasteiger partial charge in [-0.2, -0.15) is 0 Å². The highest BCUT2D eigenvalue weighted by Crippen LogP contribution is 2.27. The van der Waals surface area contributed by atoms with E-state index in [1.165, 1.54) is 17.7 Å². The standard InChI is InChI=1S/C21H21ClN4O2/c1-14-12-25(21(28)16-8-9-17(22)18(27)11-16)13-20-24-23-19(26(14)20)10-7-15-5-3-2-4-6-15/h2-6,8-9,11,14,27H,7,10,12-13H2,1H3/t14-/m0/s1. The number of halogens is 1. The van der Waals surface area contributed by atoms with Crippen LogP contribution < -0.4 is 0 Å². The quantitative estimate of drug-likeness (QED) is 0.730. The molecule has 1 aliphatic rings. The van der Waals surface area contributed by atoms with Crippen LogP contribution in [0.2, 0.25) is 5.02 Å². The van der Waals surface area contributed by atoms with E-state index < -0.39 is 0 Å². The fraction of sp³-hybridized carbons (Fsp3) is 0.286. The number of phenolic OH excluding ortho intramolecular Hbond substituents is 1. The summed E-state index contributed by atoms with van der Waals surface area (Å²) in [7, 11) is 0. The molecule has 0 fully saturated rings. The molecule has 0 saturated carbocycles. The normalized spacial score (nSPS) is 16.1. The molecule has 0 spiro atoms. The van der Waals surface area contributed by atoms with Crippen LogP contribution in [0.4, 0.5) is 0 Å². The zero-order valence-corrected chi connectivity index (χ0v) is 16.3. The third-order valence-corrected chi connectivity index (χ3v) is 5.37. The number of hydrogen-bond donors (Lipinski definition) is 1. The predicted octanol–water partition coefficient (Wildman–Crippen LogP) is 3.64. The summed E-state index contributed by atoms with van der Waals surface area (Å²) in [6.45, 7) is 3.02. The van der Waals surface area contributed by atoms with Crippen LogP contribution in [0, 0.1) is 0 Å². The van der Waals surface area contributed by atoms with E-state index in [1.807, 2.05) is 18.2 Å². The first-order chi connectivity index (χ1) is 13.5. The number of carbonyl (C=O) groups excluding carboxylic acids is 1. The molecule has 28 heavy (non-hydrogen) atoms. The van der Waals surface area contributed by atoms with Gasteiger partial charge in [-0.1, -0.05) is 41.9 Å². The van der Waals surface area contributed by atoms with Gasteiger partial charge >= 0.3 is 0 Å². The first-order valence-corrected chi connectivity index (χ1v) is 9.65. The Balaban J connectivity index is 1.50. The Morgan fingerprint density at radius 3 is 2.71 bits per heavy atom. The molecule has 144 valence electrons. The van der Waals surface area contributed by atoms with E-state index in [1.54, 1.807) is 11.0 Å². The zero-order valence-electron chi connectivity index (χ0n) is 15.5. The number of rotatable bonds is 4. The van der Waals surface area contributed by atoms with Gasteiger partial charge in [-0.05, 0) is 37.1 Å². The van der Waals surface area contributed by atoms with Gasteiger partial charge in [0.2, 0.25) is 0 Å². The molecule has 7 heteroatoms. The van der Waals surface area contributed by atoms with Gasteiger partial charge in [0, 0.05) is 18.5 Å². The number of phenols is 1. The summed E-state index contributed by atoms with van der Waals surface area (Å²) in [5.41, 5.74) is 1.68. The number of benzene rings is 2. The average molecular weight is 397 g/mol. The monoisotopic (exact) mass is 396 g/mol. The maximum atomic E-state index is 12.9. The van der Waals surface area contributed by atoms with E-state index in [0.717, 1.165) is 24.5 Å². The number of hydrogen-bond acceptors (Lipinski definition) is 4. The van der Waals surface area contributed by atoms with Crippen molar-refractivity contribution in [3.8, 4) is 5.75 Å². The molecule has 1 atom stereocenters. The fourth-order valence-corrected chi connectivity index (χ4v) is 3.79. The van der Waals surface area contributed by atoms with Gasteiger partial charge in [-0.3, -0.25) is 4.79 Å². The number of aromatic nitrogens is 3. The average Bonchev–Trinajstić information content (AvgIpc) is 3.12. The van der Waals surface area contributed by atoms with E-state index in [4.69, 9.17) is 11.6 Å². The topological polar surface area (TPSA) is 71.2 Å². The largest absolute Gasteiger partial charge is 0.506 e. The van der Waals surface area contributed by atoms with Gasteiger partial charge in [-0.25, -0.2) is 0 Å². The van der Waals surface area contributed by atoms with Crippen LogP contribution in [0.15, 0.2) is 48.5 Å². The lowest BCUT2D eigenvalue weighted by Gasteiger charge is -2.32. The molecule has 0 saturated heterocycles. The van der Waals surface area contributed by atoms with Crippen molar-refractivity contribution in [2.24, 2.45) is 0 Å². The molecular formula is C21H21ClN4O2. The summed E-state index contributed by atoms with van der Waals surface area (Å²) >= 11 is 5.84. The lowest BCUT2D eigenvalue weighted by atomic mass is 10.1. The Hall–Kier alpha value is -2.86. The number of aryl methyl sites for hydroxylation is 2. The van der Waals surface area contributed by atoms with Crippen molar-refractivity contribution in [1.29, 1.82) is 0 Å². The highest BCUT2D eigenvalue weighted by atomic mass is 35.5. The maximum absolute atomic E-state index is 12.9. The van der Waals surface area contributed by atoms with Crippen molar-refractivity contribution >= 4 is 17.5 Å². The van der Waals surface area contributed by atoms with E-state index in [9.17, 15) is 9.90 Å². The Kier molecular flexibility index (Phi) is 5.05. The van der Waals surface area contributed by atoms with Crippen molar-refractivity contribution in [3.05, 3.63) is 76.3 Å². The molecular weight excluding hydrogens is 376 g/mol. The molecule has 0 radical (unpaired) electrons. The molecule has 2 aromatic carbocycles. The number of nitrogens with zero attached hydrogens (tertiary/aromatic N) is 4. The molecule has 1 aromatic heterocycles. The van der Waals surface area contributed by atoms with Crippen molar-refractivity contribution < 1.29 is 9.90 Å². The molecule has 1 aliphatic heterocycles. The van der Waals surface area contributed by atoms with Crippen LogP contribution in [0.1, 0.15) is 40.5 Å². The fourth-order valence-electron chi connectivity index (χ4n) is 3.67. The zero-order chi connectivity index (χ0) is 19.7. The van der Waals surface area contributed by atoms with Crippen molar-refractivity contribution in [2.45, 2.75) is 32.4 Å². The Morgan fingerprint density at radius 2 is 1.96 bits per heavy atom. The smallest absolute Gasteiger partial charge is 0.254 e. The molecule has 4 rings (SSSR count). The van der Waals surface area contributed by atoms with E-state index in [2.05, 4.69) is 33.8 Å². The minimum atomic E-state index is -0.154. The highest BCUT2D eigenvalue weighted by Gasteiger charge is 2.29. The summed E-state index contributed by atoms with van der Waals surface area (Å²) in [5.74, 6) is 1.48. The lowest BCUT2D eigenvalue weighted by Crippen LogP contribution is -2.40. The molecule has 0 unspecified atom stereocenters. The van der Waals surface area contributed by atoms with Gasteiger partial charge in [0.25, 0.3) is 5.91 Å². The van der Waals surface area contributed by atoms with Gasteiger partial charge < -0.3 is 14.6 Å². The minimum Gasteiger partial charge on any atom is -0.506 e. The summed E-state index contributed by atoms with van der Waals surface area (Å²) in [4.78, 5) is 14.6. The van der Waals surface area contributed by atoms with Crippen LogP contribution in [0.3, 0.4) is 0 Å². The van der Waals surface area contributed by atoms with Crippen LogP contribution in [0.25, 0.3) is 0 Å². The van der Waals surface area contributed by atoms with Crippen LogP contribution in [-0.4, -0.2) is 37.2 Å². The number of carbonyl (C=O) groups is 1. The molecule has 2 heterocycles. The predicted molar refractivity (Wildman–Crippen MR) is 106 cm³/mol. The van der Waals surface area contributed by atoms with Crippen molar-refractivity contribution in [1.82, 2.24) is 19.7 Å². The van der Waals surface area contributed by atoms with Gasteiger partial charge in [0.05, 0.1) is 17.6 Å². The summed E-state index contributed by atoms with van der Waals surface area (Å²) in [6, 6.07) is 14.9. The Morgan fingerprint density at radius 1 is 1.18 bits per heavy atom. The number of aromatic hydroxyl groups is 1. The second-order valence-electron chi connectivity index (χ2n) is 7.09. The van der Waals surface area contributed by atoms with Crippen molar-refractivity contribution in [3.63, 3.8) is 0 Å². The van der Waals surface area contributed by atoms with Crippen LogP contribution in [-0.2, 0) is 19.4 Å². The van der Waals surface area contributed by atoms with E-state index >= 15 is 0 Å². The van der Waals surface area contributed by atoms with E-state index in [-0.39, 0.29) is 22.7 Å². The molecule has 0 aliphatic carbocycles.